The summed E-state index contributed by atoms with van der Waals surface area (Å²) >= 11 is 6.10. The monoisotopic (exact) mass is 271 g/mol. The number of unbranched alkanes of at least 4 members (excludes halogenated alkanes) is 3. The summed E-state index contributed by atoms with van der Waals surface area (Å²) in [6.45, 7) is 2.62. The first-order valence-corrected chi connectivity index (χ1v) is 6.83. The van der Waals surface area contributed by atoms with Crippen LogP contribution < -0.4 is 5.73 Å². The molecule has 1 aromatic rings. The summed E-state index contributed by atoms with van der Waals surface area (Å²) in [4.78, 5) is 11.8. The third-order valence-corrected chi connectivity index (χ3v) is 3.53. The smallest absolute Gasteiger partial charge is 0.137 e. The van der Waals surface area contributed by atoms with Gasteiger partial charge in [0, 0.05) is 25.5 Å². The first-order chi connectivity index (χ1) is 8.56. The lowest BCUT2D eigenvalue weighted by Gasteiger charge is -2.01. The number of aryl methyl sites for hydroxylation is 2. The number of ketones is 1. The van der Waals surface area contributed by atoms with Gasteiger partial charge in [0.1, 0.15) is 10.9 Å². The maximum atomic E-state index is 11.8. The first kappa shape index (κ1) is 15.2. The summed E-state index contributed by atoms with van der Waals surface area (Å²) in [6, 6.07) is 0. The highest BCUT2D eigenvalue weighted by Gasteiger charge is 2.14. The van der Waals surface area contributed by atoms with E-state index in [4.69, 9.17) is 17.3 Å². The zero-order valence-electron chi connectivity index (χ0n) is 11.2. The second kappa shape index (κ2) is 7.54. The summed E-state index contributed by atoms with van der Waals surface area (Å²) in [7, 11) is 1.79. The molecule has 0 radical (unpaired) electrons. The van der Waals surface area contributed by atoms with Crippen molar-refractivity contribution in [3.05, 3.63) is 16.4 Å². The molecule has 4 nitrogen and oxygen atoms in total. The van der Waals surface area contributed by atoms with E-state index in [1.54, 1.807) is 11.7 Å². The van der Waals surface area contributed by atoms with Crippen LogP contribution in [0.1, 0.15) is 43.4 Å². The number of nitrogens with zero attached hydrogens (tertiary/aromatic N) is 2. The third-order valence-electron chi connectivity index (χ3n) is 3.05. The molecule has 0 aliphatic rings. The van der Waals surface area contributed by atoms with Gasteiger partial charge in [0.2, 0.25) is 0 Å². The molecule has 0 saturated heterocycles. The van der Waals surface area contributed by atoms with Crippen molar-refractivity contribution < 1.29 is 4.79 Å². The molecule has 0 aliphatic heterocycles. The first-order valence-electron chi connectivity index (χ1n) is 6.46. The minimum absolute atomic E-state index is 0.237. The molecule has 0 bridgehead atoms. The molecule has 0 saturated carbocycles. The normalized spacial score (nSPS) is 10.9. The van der Waals surface area contributed by atoms with Gasteiger partial charge in [-0.25, -0.2) is 0 Å². The number of halogens is 1. The molecule has 5 heteroatoms. The largest absolute Gasteiger partial charge is 0.330 e. The molecule has 0 fully saturated rings. The zero-order chi connectivity index (χ0) is 13.5. The Kier molecular flexibility index (Phi) is 6.36. The second-order valence-corrected chi connectivity index (χ2v) is 5.00. The van der Waals surface area contributed by atoms with E-state index < -0.39 is 0 Å². The zero-order valence-corrected chi connectivity index (χ0v) is 12.0. The van der Waals surface area contributed by atoms with Crippen LogP contribution in [0, 0.1) is 6.92 Å². The molecule has 18 heavy (non-hydrogen) atoms. The molecule has 0 atom stereocenters. The summed E-state index contributed by atoms with van der Waals surface area (Å²) in [5.74, 6) is 0.237. The van der Waals surface area contributed by atoms with Crippen LogP contribution in [0.5, 0.6) is 0 Å². The molecule has 0 aliphatic carbocycles. The van der Waals surface area contributed by atoms with Gasteiger partial charge in [0.25, 0.3) is 0 Å². The average molecular weight is 272 g/mol. The third kappa shape index (κ3) is 4.42. The molecule has 0 unspecified atom stereocenters. The summed E-state index contributed by atoms with van der Waals surface area (Å²) in [5.41, 5.74) is 7.13. The Morgan fingerprint density at radius 2 is 2.00 bits per heavy atom. The van der Waals surface area contributed by atoms with Crippen molar-refractivity contribution >= 4 is 17.4 Å². The fraction of sp³-hybridized carbons (Fsp3) is 0.692. The molecular formula is C13H22ClN3O. The van der Waals surface area contributed by atoms with E-state index in [9.17, 15) is 4.79 Å². The van der Waals surface area contributed by atoms with Gasteiger partial charge in [-0.1, -0.05) is 24.4 Å². The van der Waals surface area contributed by atoms with Gasteiger partial charge in [0.15, 0.2) is 0 Å². The van der Waals surface area contributed by atoms with E-state index in [0.717, 1.165) is 43.5 Å². The highest BCUT2D eigenvalue weighted by atomic mass is 35.5. The SMILES string of the molecule is Cc1nn(C)c(Cl)c1CC(=O)CCCCCCN. The molecule has 1 heterocycles. The average Bonchev–Trinajstić information content (AvgIpc) is 2.56. The van der Waals surface area contributed by atoms with Crippen molar-refractivity contribution in [2.45, 2.75) is 45.4 Å². The fourth-order valence-electron chi connectivity index (χ4n) is 1.98. The molecule has 0 spiro atoms. The Morgan fingerprint density at radius 1 is 1.33 bits per heavy atom. The van der Waals surface area contributed by atoms with Crippen molar-refractivity contribution in [1.82, 2.24) is 9.78 Å². The Balaban J connectivity index is 2.36. The van der Waals surface area contributed by atoms with Gasteiger partial charge in [-0.2, -0.15) is 5.10 Å². The van der Waals surface area contributed by atoms with Crippen LogP contribution in [0.15, 0.2) is 0 Å². The van der Waals surface area contributed by atoms with E-state index in [-0.39, 0.29) is 5.78 Å². The Labute approximate surface area is 113 Å². The van der Waals surface area contributed by atoms with Crippen LogP contribution in [0.3, 0.4) is 0 Å². The summed E-state index contributed by atoms with van der Waals surface area (Å²) in [6.07, 6.45) is 5.18. The van der Waals surface area contributed by atoms with Crippen LogP contribution in [0.4, 0.5) is 0 Å². The predicted molar refractivity (Wildman–Crippen MR) is 73.8 cm³/mol. The number of carbonyl (C=O) groups excluding carboxylic acids is 1. The molecule has 1 rings (SSSR count). The quantitative estimate of drug-likeness (QED) is 0.739. The Hall–Kier alpha value is -0.870. The van der Waals surface area contributed by atoms with E-state index in [2.05, 4.69) is 5.10 Å². The lowest BCUT2D eigenvalue weighted by molar-refractivity contribution is -0.118. The Morgan fingerprint density at radius 3 is 2.56 bits per heavy atom. The number of rotatable bonds is 8. The minimum atomic E-state index is 0.237. The van der Waals surface area contributed by atoms with Gasteiger partial charge < -0.3 is 5.73 Å². The van der Waals surface area contributed by atoms with Crippen molar-refractivity contribution in [3.8, 4) is 0 Å². The number of aromatic nitrogens is 2. The molecular weight excluding hydrogens is 250 g/mol. The molecule has 102 valence electrons. The van der Waals surface area contributed by atoms with Crippen molar-refractivity contribution in [2.75, 3.05) is 6.54 Å². The highest BCUT2D eigenvalue weighted by Crippen LogP contribution is 2.20. The van der Waals surface area contributed by atoms with Gasteiger partial charge in [-0.3, -0.25) is 9.48 Å². The number of Topliss-reactive ketones (excluding diaryl/α,β-unsaturated/α-hetero) is 1. The van der Waals surface area contributed by atoms with E-state index in [1.807, 2.05) is 6.92 Å². The van der Waals surface area contributed by atoms with Crippen LogP contribution in [0.2, 0.25) is 5.15 Å². The fourth-order valence-corrected chi connectivity index (χ4v) is 2.22. The summed E-state index contributed by atoms with van der Waals surface area (Å²) in [5, 5.41) is 4.78. The van der Waals surface area contributed by atoms with E-state index in [0.29, 0.717) is 18.0 Å². The number of nitrogens with two attached hydrogens (primary N) is 1. The molecule has 0 amide bonds. The Bertz CT molecular complexity index is 401. The number of carbonyl (C=O) groups is 1. The van der Waals surface area contributed by atoms with Gasteiger partial charge in [-0.15, -0.1) is 0 Å². The van der Waals surface area contributed by atoms with Crippen molar-refractivity contribution in [1.29, 1.82) is 0 Å². The van der Waals surface area contributed by atoms with Crippen molar-refractivity contribution in [2.24, 2.45) is 12.8 Å². The van der Waals surface area contributed by atoms with E-state index >= 15 is 0 Å². The van der Waals surface area contributed by atoms with Crippen LogP contribution in [-0.4, -0.2) is 22.1 Å². The number of hydrogen-bond donors (Lipinski definition) is 1. The molecule has 0 aromatic carbocycles. The predicted octanol–water partition coefficient (Wildman–Crippen LogP) is 2.40. The highest BCUT2D eigenvalue weighted by molar-refractivity contribution is 6.30. The summed E-state index contributed by atoms with van der Waals surface area (Å²) < 4.78 is 1.61. The second-order valence-electron chi connectivity index (χ2n) is 4.65. The minimum Gasteiger partial charge on any atom is -0.330 e. The molecule has 2 N–H and O–H groups in total. The van der Waals surface area contributed by atoms with Crippen LogP contribution >= 0.6 is 11.6 Å². The lowest BCUT2D eigenvalue weighted by Crippen LogP contribution is -2.04. The molecule has 1 aromatic heterocycles. The van der Waals surface area contributed by atoms with Gasteiger partial charge in [0.05, 0.1) is 5.69 Å². The van der Waals surface area contributed by atoms with Crippen molar-refractivity contribution in [3.63, 3.8) is 0 Å². The van der Waals surface area contributed by atoms with Gasteiger partial charge in [-0.05, 0) is 26.3 Å². The standard InChI is InChI=1S/C13H22ClN3O/c1-10-12(13(14)17(2)16-10)9-11(18)7-5-3-4-6-8-15/h3-9,15H2,1-2H3. The van der Waals surface area contributed by atoms with Crippen LogP contribution in [0.25, 0.3) is 0 Å². The maximum absolute atomic E-state index is 11.8. The lowest BCUT2D eigenvalue weighted by atomic mass is 10.0. The maximum Gasteiger partial charge on any atom is 0.137 e. The number of hydrogen-bond acceptors (Lipinski definition) is 3. The van der Waals surface area contributed by atoms with Crippen LogP contribution in [-0.2, 0) is 18.3 Å². The topological polar surface area (TPSA) is 60.9 Å². The van der Waals surface area contributed by atoms with Gasteiger partial charge >= 0.3 is 0 Å². The van der Waals surface area contributed by atoms with E-state index in [1.165, 1.54) is 0 Å².